The minimum absolute atomic E-state index is 0. The zero-order valence-corrected chi connectivity index (χ0v) is 15.6. The fourth-order valence-corrected chi connectivity index (χ4v) is 2.66. The molecule has 1 saturated heterocycles. The Balaban J connectivity index is 0.00000242. The van der Waals surface area contributed by atoms with E-state index in [4.69, 9.17) is 5.73 Å². The Morgan fingerprint density at radius 3 is 2.39 bits per heavy atom. The van der Waals surface area contributed by atoms with Gasteiger partial charge in [-0.1, -0.05) is 36.8 Å². The third kappa shape index (κ3) is 7.08. The Labute approximate surface area is 152 Å². The zero-order valence-electron chi connectivity index (χ0n) is 14.0. The summed E-state index contributed by atoms with van der Waals surface area (Å²) in [5, 5.41) is 2.95. The molecule has 1 amide bonds. The molecule has 1 heterocycles. The van der Waals surface area contributed by atoms with Crippen molar-refractivity contribution in [3.8, 4) is 0 Å². The molecule has 0 spiro atoms. The molecule has 132 valence electrons. The lowest BCUT2D eigenvalue weighted by atomic mass is 9.99. The van der Waals surface area contributed by atoms with Crippen molar-refractivity contribution in [3.05, 3.63) is 35.4 Å². The number of halogens is 2. The van der Waals surface area contributed by atoms with Crippen molar-refractivity contribution >= 4 is 30.7 Å². The van der Waals surface area contributed by atoms with Gasteiger partial charge >= 0.3 is 0 Å². The number of aryl methyl sites for hydroxylation is 1. The van der Waals surface area contributed by atoms with Crippen LogP contribution >= 0.6 is 24.8 Å². The highest BCUT2D eigenvalue weighted by Crippen LogP contribution is 2.15. The number of nitrogens with one attached hydrogen (secondary N) is 1. The molecule has 2 rings (SSSR count). The van der Waals surface area contributed by atoms with Crippen LogP contribution < -0.4 is 11.1 Å². The maximum Gasteiger partial charge on any atom is 0.241 e. The van der Waals surface area contributed by atoms with E-state index in [1.165, 1.54) is 18.4 Å². The van der Waals surface area contributed by atoms with Crippen molar-refractivity contribution in [1.29, 1.82) is 0 Å². The molecule has 0 radical (unpaired) electrons. The third-order valence-corrected chi connectivity index (χ3v) is 4.32. The summed E-state index contributed by atoms with van der Waals surface area (Å²) >= 11 is 0. The number of nitrogens with two attached hydrogens (primary N) is 1. The molecular formula is C17H29Cl2N3O. The highest BCUT2D eigenvalue weighted by molar-refractivity contribution is 5.85. The van der Waals surface area contributed by atoms with Gasteiger partial charge in [0.05, 0.1) is 0 Å². The second-order valence-corrected chi connectivity index (χ2v) is 6.20. The minimum atomic E-state index is -0.577. The topological polar surface area (TPSA) is 58.4 Å². The molecular weight excluding hydrogens is 333 g/mol. The van der Waals surface area contributed by atoms with Crippen LogP contribution in [0.2, 0.25) is 0 Å². The van der Waals surface area contributed by atoms with E-state index in [1.54, 1.807) is 0 Å². The van der Waals surface area contributed by atoms with Crippen molar-refractivity contribution in [2.45, 2.75) is 32.7 Å². The van der Waals surface area contributed by atoms with Gasteiger partial charge in [0.25, 0.3) is 0 Å². The van der Waals surface area contributed by atoms with E-state index in [9.17, 15) is 4.79 Å². The normalized spacial score (nSPS) is 16.8. The maximum absolute atomic E-state index is 12.1. The number of piperidine rings is 1. The number of carbonyl (C=O) groups is 1. The van der Waals surface area contributed by atoms with Gasteiger partial charge in [-0.2, -0.15) is 0 Å². The SMILES string of the molecule is Cc1ccc(C(N)C(=O)NCCN2CCC(C)CC2)cc1.Cl.Cl. The van der Waals surface area contributed by atoms with Gasteiger partial charge in [0.15, 0.2) is 0 Å². The fourth-order valence-electron chi connectivity index (χ4n) is 2.66. The van der Waals surface area contributed by atoms with Gasteiger partial charge in [-0.3, -0.25) is 4.79 Å². The molecule has 0 aromatic heterocycles. The van der Waals surface area contributed by atoms with Gasteiger partial charge in [-0.25, -0.2) is 0 Å². The smallest absolute Gasteiger partial charge is 0.241 e. The summed E-state index contributed by atoms with van der Waals surface area (Å²) in [5.41, 5.74) is 8.04. The molecule has 0 saturated carbocycles. The number of nitrogens with zero attached hydrogens (tertiary/aromatic N) is 1. The lowest BCUT2D eigenvalue weighted by Crippen LogP contribution is -2.41. The van der Waals surface area contributed by atoms with Gasteiger partial charge in [-0.15, -0.1) is 24.8 Å². The summed E-state index contributed by atoms with van der Waals surface area (Å²) in [6.45, 7) is 8.20. The second kappa shape index (κ2) is 10.9. The van der Waals surface area contributed by atoms with E-state index in [1.807, 2.05) is 31.2 Å². The van der Waals surface area contributed by atoms with Crippen molar-refractivity contribution < 1.29 is 4.79 Å². The summed E-state index contributed by atoms with van der Waals surface area (Å²) < 4.78 is 0. The largest absolute Gasteiger partial charge is 0.353 e. The van der Waals surface area contributed by atoms with Gasteiger partial charge in [-0.05, 0) is 44.3 Å². The van der Waals surface area contributed by atoms with Gasteiger partial charge < -0.3 is 16.0 Å². The van der Waals surface area contributed by atoms with Crippen molar-refractivity contribution in [2.75, 3.05) is 26.2 Å². The van der Waals surface area contributed by atoms with E-state index in [0.29, 0.717) is 6.54 Å². The highest BCUT2D eigenvalue weighted by atomic mass is 35.5. The molecule has 1 aromatic carbocycles. The molecule has 1 fully saturated rings. The Kier molecular flexibility index (Phi) is 10.5. The molecule has 3 N–H and O–H groups in total. The highest BCUT2D eigenvalue weighted by Gasteiger charge is 2.17. The number of rotatable bonds is 5. The van der Waals surface area contributed by atoms with Gasteiger partial charge in [0.1, 0.15) is 6.04 Å². The van der Waals surface area contributed by atoms with Gasteiger partial charge in [0.2, 0.25) is 5.91 Å². The maximum atomic E-state index is 12.1. The molecule has 1 aromatic rings. The third-order valence-electron chi connectivity index (χ3n) is 4.32. The van der Waals surface area contributed by atoms with E-state index in [0.717, 1.165) is 31.1 Å². The van der Waals surface area contributed by atoms with Crippen molar-refractivity contribution in [1.82, 2.24) is 10.2 Å². The first-order valence-corrected chi connectivity index (χ1v) is 7.88. The standard InChI is InChI=1S/C17H27N3O.2ClH/c1-13-3-5-15(6-4-13)16(18)17(21)19-9-12-20-10-7-14(2)8-11-20;;/h3-6,14,16H,7-12,18H2,1-2H3,(H,19,21);2*1H. The predicted octanol–water partition coefficient (Wildman–Crippen LogP) is 2.69. The van der Waals surface area contributed by atoms with Gasteiger partial charge in [0, 0.05) is 13.1 Å². The molecule has 4 nitrogen and oxygen atoms in total. The molecule has 0 aliphatic carbocycles. The van der Waals surface area contributed by atoms with Crippen LogP contribution in [0.1, 0.15) is 36.9 Å². The van der Waals surface area contributed by atoms with Crippen LogP contribution in [0.4, 0.5) is 0 Å². The molecule has 1 aliphatic heterocycles. The van der Waals surface area contributed by atoms with E-state index >= 15 is 0 Å². The second-order valence-electron chi connectivity index (χ2n) is 6.20. The minimum Gasteiger partial charge on any atom is -0.353 e. The average Bonchev–Trinajstić information content (AvgIpc) is 2.49. The fraction of sp³-hybridized carbons (Fsp3) is 0.588. The lowest BCUT2D eigenvalue weighted by molar-refractivity contribution is -0.122. The monoisotopic (exact) mass is 361 g/mol. The Bertz CT molecular complexity index is 459. The summed E-state index contributed by atoms with van der Waals surface area (Å²) in [5.74, 6) is 0.745. The number of benzene rings is 1. The van der Waals surface area contributed by atoms with Crippen LogP contribution in [-0.2, 0) is 4.79 Å². The summed E-state index contributed by atoms with van der Waals surface area (Å²) in [7, 11) is 0. The van der Waals surface area contributed by atoms with Crippen LogP contribution in [0.15, 0.2) is 24.3 Å². The van der Waals surface area contributed by atoms with Crippen LogP contribution in [0.5, 0.6) is 0 Å². The number of carbonyl (C=O) groups excluding carboxylic acids is 1. The van der Waals surface area contributed by atoms with Crippen LogP contribution in [0.3, 0.4) is 0 Å². The van der Waals surface area contributed by atoms with Crippen molar-refractivity contribution in [2.24, 2.45) is 11.7 Å². The quantitative estimate of drug-likeness (QED) is 0.847. The number of hydrogen-bond donors (Lipinski definition) is 2. The molecule has 1 atom stereocenters. The van der Waals surface area contributed by atoms with E-state index < -0.39 is 6.04 Å². The predicted molar refractivity (Wildman–Crippen MR) is 100 cm³/mol. The molecule has 0 bridgehead atoms. The Hall–Kier alpha value is -0.810. The van der Waals surface area contributed by atoms with Crippen molar-refractivity contribution in [3.63, 3.8) is 0 Å². The number of likely N-dealkylation sites (tertiary alicyclic amines) is 1. The van der Waals surface area contributed by atoms with E-state index in [2.05, 4.69) is 17.1 Å². The molecule has 23 heavy (non-hydrogen) atoms. The Morgan fingerprint density at radius 1 is 1.26 bits per heavy atom. The first kappa shape index (κ1) is 22.2. The average molecular weight is 362 g/mol. The summed E-state index contributed by atoms with van der Waals surface area (Å²) in [4.78, 5) is 14.5. The summed E-state index contributed by atoms with van der Waals surface area (Å²) in [6.07, 6.45) is 2.52. The molecule has 6 heteroatoms. The molecule has 1 aliphatic rings. The molecule has 1 unspecified atom stereocenters. The van der Waals surface area contributed by atoms with E-state index in [-0.39, 0.29) is 30.7 Å². The zero-order chi connectivity index (χ0) is 15.2. The van der Waals surface area contributed by atoms with Crippen LogP contribution in [0, 0.1) is 12.8 Å². The number of amides is 1. The summed E-state index contributed by atoms with van der Waals surface area (Å²) in [6, 6.07) is 7.23. The van der Waals surface area contributed by atoms with Crippen LogP contribution in [-0.4, -0.2) is 37.0 Å². The van der Waals surface area contributed by atoms with Crippen LogP contribution in [0.25, 0.3) is 0 Å². The Morgan fingerprint density at radius 2 is 1.83 bits per heavy atom. The first-order chi connectivity index (χ1) is 10.1. The first-order valence-electron chi connectivity index (χ1n) is 7.88. The lowest BCUT2D eigenvalue weighted by Gasteiger charge is -2.30. The number of hydrogen-bond acceptors (Lipinski definition) is 3.